The normalized spacial score (nSPS) is 16.0. The Morgan fingerprint density at radius 3 is 2.35 bits per heavy atom. The number of rotatable bonds is 4. The maximum Gasteiger partial charge on any atom is 0.123 e. The van der Waals surface area contributed by atoms with Crippen molar-refractivity contribution < 1.29 is 9.50 Å². The van der Waals surface area contributed by atoms with E-state index in [9.17, 15) is 9.50 Å². The fourth-order valence-corrected chi connectivity index (χ4v) is 2.60. The maximum atomic E-state index is 12.8. The van der Waals surface area contributed by atoms with E-state index < -0.39 is 0 Å². The highest BCUT2D eigenvalue weighted by atomic mass is 19.1. The third-order valence-corrected chi connectivity index (χ3v) is 3.97. The largest absolute Gasteiger partial charge is 0.393 e. The predicted octanol–water partition coefficient (Wildman–Crippen LogP) is 3.23. The Morgan fingerprint density at radius 2 is 1.70 bits per heavy atom. The maximum absolute atomic E-state index is 12.8. The Kier molecular flexibility index (Phi) is 4.88. The summed E-state index contributed by atoms with van der Waals surface area (Å²) in [5.74, 6) is -0.264. The number of halogens is 1. The van der Waals surface area contributed by atoms with Gasteiger partial charge in [-0.05, 0) is 54.8 Å². The van der Waals surface area contributed by atoms with Gasteiger partial charge in [-0.1, -0.05) is 12.1 Å². The van der Waals surface area contributed by atoms with Crippen molar-refractivity contribution in [1.82, 2.24) is 0 Å². The molecule has 0 amide bonds. The fraction of sp³-hybridized carbons (Fsp3) is 0.278. The van der Waals surface area contributed by atoms with Crippen LogP contribution in [0.1, 0.15) is 18.4 Å². The topological polar surface area (TPSA) is 47.9 Å². The molecule has 0 radical (unpaired) electrons. The van der Waals surface area contributed by atoms with Gasteiger partial charge in [-0.2, -0.15) is 5.10 Å². The molecule has 0 aliphatic carbocycles. The van der Waals surface area contributed by atoms with Crippen molar-refractivity contribution >= 4 is 17.6 Å². The van der Waals surface area contributed by atoms with Crippen molar-refractivity contribution in [2.75, 3.05) is 23.4 Å². The molecule has 1 heterocycles. The zero-order valence-corrected chi connectivity index (χ0v) is 12.8. The third kappa shape index (κ3) is 4.29. The molecule has 0 saturated carbocycles. The van der Waals surface area contributed by atoms with E-state index in [1.165, 1.54) is 17.8 Å². The molecular weight excluding hydrogens is 293 g/mol. The number of piperidine rings is 1. The summed E-state index contributed by atoms with van der Waals surface area (Å²) in [4.78, 5) is 2.28. The molecule has 120 valence electrons. The van der Waals surface area contributed by atoms with Gasteiger partial charge in [-0.3, -0.25) is 5.43 Å². The summed E-state index contributed by atoms with van der Waals surface area (Å²) in [6.45, 7) is 1.78. The van der Waals surface area contributed by atoms with Gasteiger partial charge in [0, 0.05) is 18.8 Å². The van der Waals surface area contributed by atoms with Crippen LogP contribution in [0.2, 0.25) is 0 Å². The van der Waals surface area contributed by atoms with Crippen molar-refractivity contribution in [1.29, 1.82) is 0 Å². The SMILES string of the molecule is OC1CCN(c2ccc(C=NNc3ccc(F)cc3)cc2)CC1. The molecule has 3 rings (SSSR count). The molecule has 2 aromatic rings. The molecule has 0 spiro atoms. The number of aliphatic hydroxyl groups excluding tert-OH is 1. The van der Waals surface area contributed by atoms with E-state index in [4.69, 9.17) is 0 Å². The van der Waals surface area contributed by atoms with Crippen LogP contribution in [0.3, 0.4) is 0 Å². The average molecular weight is 313 g/mol. The number of hydrazone groups is 1. The molecule has 23 heavy (non-hydrogen) atoms. The Balaban J connectivity index is 1.56. The minimum absolute atomic E-state index is 0.157. The molecule has 1 aliphatic heterocycles. The first-order valence-corrected chi connectivity index (χ1v) is 7.78. The van der Waals surface area contributed by atoms with Gasteiger partial charge in [0.05, 0.1) is 18.0 Å². The highest BCUT2D eigenvalue weighted by molar-refractivity contribution is 5.81. The van der Waals surface area contributed by atoms with E-state index in [2.05, 4.69) is 27.6 Å². The van der Waals surface area contributed by atoms with Crippen LogP contribution in [0.25, 0.3) is 0 Å². The summed E-state index contributed by atoms with van der Waals surface area (Å²) in [6, 6.07) is 14.2. The summed E-state index contributed by atoms with van der Waals surface area (Å²) >= 11 is 0. The summed E-state index contributed by atoms with van der Waals surface area (Å²) in [7, 11) is 0. The van der Waals surface area contributed by atoms with E-state index in [1.54, 1.807) is 18.3 Å². The first-order chi connectivity index (χ1) is 11.2. The molecule has 1 saturated heterocycles. The molecule has 0 atom stereocenters. The fourth-order valence-electron chi connectivity index (χ4n) is 2.60. The van der Waals surface area contributed by atoms with Crippen LogP contribution in [0.15, 0.2) is 53.6 Å². The van der Waals surface area contributed by atoms with E-state index >= 15 is 0 Å². The molecule has 2 N–H and O–H groups in total. The van der Waals surface area contributed by atoms with Crippen molar-refractivity contribution in [2.45, 2.75) is 18.9 Å². The minimum atomic E-state index is -0.264. The first kappa shape index (κ1) is 15.5. The minimum Gasteiger partial charge on any atom is -0.393 e. The summed E-state index contributed by atoms with van der Waals surface area (Å²) in [5, 5.41) is 13.7. The number of nitrogens with zero attached hydrogens (tertiary/aromatic N) is 2. The first-order valence-electron chi connectivity index (χ1n) is 7.78. The van der Waals surface area contributed by atoms with Crippen molar-refractivity contribution in [2.24, 2.45) is 5.10 Å². The Hall–Kier alpha value is -2.40. The zero-order chi connectivity index (χ0) is 16.1. The van der Waals surface area contributed by atoms with Crippen LogP contribution < -0.4 is 10.3 Å². The van der Waals surface area contributed by atoms with E-state index in [-0.39, 0.29) is 11.9 Å². The van der Waals surface area contributed by atoms with Crippen molar-refractivity contribution in [3.05, 3.63) is 59.9 Å². The van der Waals surface area contributed by atoms with E-state index in [0.29, 0.717) is 0 Å². The van der Waals surface area contributed by atoms with Crippen LogP contribution in [0, 0.1) is 5.82 Å². The number of hydrogen-bond donors (Lipinski definition) is 2. The smallest absolute Gasteiger partial charge is 0.123 e. The van der Waals surface area contributed by atoms with E-state index in [1.807, 2.05) is 12.1 Å². The Bertz CT molecular complexity index is 647. The van der Waals surface area contributed by atoms with Gasteiger partial charge in [0.1, 0.15) is 5.82 Å². The number of nitrogens with one attached hydrogen (secondary N) is 1. The molecular formula is C18H20FN3O. The van der Waals surface area contributed by atoms with Gasteiger partial charge in [0.2, 0.25) is 0 Å². The van der Waals surface area contributed by atoms with E-state index in [0.717, 1.165) is 37.2 Å². The summed E-state index contributed by atoms with van der Waals surface area (Å²) in [6.07, 6.45) is 3.22. The lowest BCUT2D eigenvalue weighted by molar-refractivity contribution is 0.145. The molecule has 1 aliphatic rings. The third-order valence-electron chi connectivity index (χ3n) is 3.97. The summed E-state index contributed by atoms with van der Waals surface area (Å²) in [5.41, 5.74) is 5.76. The molecule has 5 heteroatoms. The monoisotopic (exact) mass is 313 g/mol. The lowest BCUT2D eigenvalue weighted by Crippen LogP contribution is -2.35. The van der Waals surface area contributed by atoms with Crippen LogP contribution >= 0.6 is 0 Å². The van der Waals surface area contributed by atoms with Gasteiger partial charge >= 0.3 is 0 Å². The molecule has 0 bridgehead atoms. The van der Waals surface area contributed by atoms with Crippen LogP contribution in [-0.2, 0) is 0 Å². The lowest BCUT2D eigenvalue weighted by atomic mass is 10.1. The average Bonchev–Trinajstić information content (AvgIpc) is 2.58. The lowest BCUT2D eigenvalue weighted by Gasteiger charge is -2.31. The second kappa shape index (κ2) is 7.24. The molecule has 2 aromatic carbocycles. The van der Waals surface area contributed by atoms with Crippen LogP contribution in [0.5, 0.6) is 0 Å². The number of anilines is 2. The number of benzene rings is 2. The van der Waals surface area contributed by atoms with Crippen molar-refractivity contribution in [3.8, 4) is 0 Å². The quantitative estimate of drug-likeness (QED) is 0.673. The van der Waals surface area contributed by atoms with Gasteiger partial charge in [0.25, 0.3) is 0 Å². The van der Waals surface area contributed by atoms with Crippen LogP contribution in [-0.4, -0.2) is 30.5 Å². The highest BCUT2D eigenvalue weighted by Gasteiger charge is 2.16. The zero-order valence-electron chi connectivity index (χ0n) is 12.8. The van der Waals surface area contributed by atoms with Gasteiger partial charge < -0.3 is 10.0 Å². The summed E-state index contributed by atoms with van der Waals surface area (Å²) < 4.78 is 12.8. The number of aliphatic hydroxyl groups is 1. The second-order valence-corrected chi connectivity index (χ2v) is 5.69. The van der Waals surface area contributed by atoms with Gasteiger partial charge in [-0.25, -0.2) is 4.39 Å². The predicted molar refractivity (Wildman–Crippen MR) is 91.5 cm³/mol. The standard InChI is InChI=1S/C18H20FN3O/c19-15-3-5-16(6-4-15)21-20-13-14-1-7-17(8-2-14)22-11-9-18(23)10-12-22/h1-8,13,18,21,23H,9-12H2. The molecule has 0 aromatic heterocycles. The highest BCUT2D eigenvalue weighted by Crippen LogP contribution is 2.20. The molecule has 4 nitrogen and oxygen atoms in total. The molecule has 1 fully saturated rings. The van der Waals surface area contributed by atoms with Crippen molar-refractivity contribution in [3.63, 3.8) is 0 Å². The second-order valence-electron chi connectivity index (χ2n) is 5.69. The molecule has 0 unspecified atom stereocenters. The van der Waals surface area contributed by atoms with Gasteiger partial charge in [0.15, 0.2) is 0 Å². The van der Waals surface area contributed by atoms with Gasteiger partial charge in [-0.15, -0.1) is 0 Å². The Morgan fingerprint density at radius 1 is 1.04 bits per heavy atom. The Labute approximate surface area is 135 Å². The van der Waals surface area contributed by atoms with Crippen LogP contribution in [0.4, 0.5) is 15.8 Å². The number of hydrogen-bond acceptors (Lipinski definition) is 4.